The van der Waals surface area contributed by atoms with Gasteiger partial charge in [-0.2, -0.15) is 0 Å². The molecule has 3 rings (SSSR count). The van der Waals surface area contributed by atoms with Crippen molar-refractivity contribution < 1.29 is 19.4 Å². The van der Waals surface area contributed by atoms with Crippen LogP contribution in [0.3, 0.4) is 0 Å². The Kier molecular flexibility index (Phi) is 3.79. The van der Waals surface area contributed by atoms with Gasteiger partial charge in [0.15, 0.2) is 5.75 Å². The lowest BCUT2D eigenvalue weighted by Crippen LogP contribution is -2.39. The van der Waals surface area contributed by atoms with Crippen molar-refractivity contribution in [3.63, 3.8) is 0 Å². The molecule has 6 heteroatoms. The van der Waals surface area contributed by atoms with Crippen molar-refractivity contribution in [1.82, 2.24) is 5.32 Å². The van der Waals surface area contributed by atoms with E-state index < -0.39 is 5.97 Å². The Labute approximate surface area is 122 Å². The molecule has 1 fully saturated rings. The average molecular weight is 290 g/mol. The molecular formula is C15H18N2O4. The summed E-state index contributed by atoms with van der Waals surface area (Å²) in [6, 6.07) is 4.89. The Morgan fingerprint density at radius 1 is 1.43 bits per heavy atom. The van der Waals surface area contributed by atoms with Gasteiger partial charge in [0.1, 0.15) is 12.2 Å². The number of carboxylic acid groups (broad SMARTS) is 1. The van der Waals surface area contributed by atoms with Crippen molar-refractivity contribution in [3.05, 3.63) is 23.8 Å². The van der Waals surface area contributed by atoms with Gasteiger partial charge < -0.3 is 20.1 Å². The summed E-state index contributed by atoms with van der Waals surface area (Å²) in [4.78, 5) is 25.4. The highest BCUT2D eigenvalue weighted by Gasteiger charge is 2.29. The number of carboxylic acids is 1. The minimum absolute atomic E-state index is 0.0378. The van der Waals surface area contributed by atoms with Gasteiger partial charge >= 0.3 is 5.97 Å². The van der Waals surface area contributed by atoms with Gasteiger partial charge in [0.2, 0.25) is 5.91 Å². The van der Waals surface area contributed by atoms with Crippen molar-refractivity contribution in [2.75, 3.05) is 31.1 Å². The maximum atomic E-state index is 12.5. The second-order valence-electron chi connectivity index (χ2n) is 5.42. The lowest BCUT2D eigenvalue weighted by molar-refractivity contribution is -0.119. The number of anilines is 1. The summed E-state index contributed by atoms with van der Waals surface area (Å²) < 4.78 is 5.48. The fourth-order valence-corrected chi connectivity index (χ4v) is 2.92. The molecular weight excluding hydrogens is 272 g/mol. The molecule has 21 heavy (non-hydrogen) atoms. The van der Waals surface area contributed by atoms with Crippen LogP contribution in [0.15, 0.2) is 18.2 Å². The molecule has 1 aromatic carbocycles. The predicted octanol–water partition coefficient (Wildman–Crippen LogP) is 1.11. The van der Waals surface area contributed by atoms with Crippen molar-refractivity contribution in [2.45, 2.75) is 12.8 Å². The largest absolute Gasteiger partial charge is 0.489 e. The van der Waals surface area contributed by atoms with E-state index in [0.29, 0.717) is 36.9 Å². The molecule has 1 atom stereocenters. The highest BCUT2D eigenvalue weighted by Crippen LogP contribution is 2.35. The van der Waals surface area contributed by atoms with Crippen LogP contribution >= 0.6 is 0 Å². The zero-order valence-electron chi connectivity index (χ0n) is 11.7. The number of nitrogens with one attached hydrogen (secondary N) is 1. The first-order valence-corrected chi connectivity index (χ1v) is 7.17. The molecule has 1 saturated heterocycles. The first-order chi connectivity index (χ1) is 10.2. The Morgan fingerprint density at radius 3 is 3.00 bits per heavy atom. The second-order valence-corrected chi connectivity index (χ2v) is 5.42. The van der Waals surface area contributed by atoms with Gasteiger partial charge in [0, 0.05) is 6.42 Å². The number of benzene rings is 1. The SMILES string of the molecule is O=C(O)c1cccc2c1OCCN2C(=O)CC1CCNC1. The Bertz CT molecular complexity index is 567. The summed E-state index contributed by atoms with van der Waals surface area (Å²) in [5.74, 6) is -0.336. The Balaban J connectivity index is 1.84. The molecule has 0 saturated carbocycles. The summed E-state index contributed by atoms with van der Waals surface area (Å²) in [6.07, 6.45) is 1.50. The minimum atomic E-state index is -1.04. The van der Waals surface area contributed by atoms with Gasteiger partial charge in [0.05, 0.1) is 12.2 Å². The van der Waals surface area contributed by atoms with E-state index in [1.165, 1.54) is 6.07 Å². The van der Waals surface area contributed by atoms with Crippen LogP contribution < -0.4 is 15.0 Å². The van der Waals surface area contributed by atoms with Crippen molar-refractivity contribution in [3.8, 4) is 5.75 Å². The fourth-order valence-electron chi connectivity index (χ4n) is 2.92. The van der Waals surface area contributed by atoms with E-state index >= 15 is 0 Å². The number of hydrogen-bond donors (Lipinski definition) is 2. The molecule has 2 N–H and O–H groups in total. The summed E-state index contributed by atoms with van der Waals surface area (Å²) in [5.41, 5.74) is 0.671. The molecule has 2 aliphatic rings. The zero-order chi connectivity index (χ0) is 14.8. The fraction of sp³-hybridized carbons (Fsp3) is 0.467. The first-order valence-electron chi connectivity index (χ1n) is 7.17. The van der Waals surface area contributed by atoms with E-state index in [-0.39, 0.29) is 11.5 Å². The van der Waals surface area contributed by atoms with E-state index in [1.807, 2.05) is 0 Å². The van der Waals surface area contributed by atoms with Crippen LogP contribution in [-0.2, 0) is 4.79 Å². The molecule has 1 unspecified atom stereocenters. The minimum Gasteiger partial charge on any atom is -0.489 e. The van der Waals surface area contributed by atoms with Crippen LogP contribution in [0.4, 0.5) is 5.69 Å². The molecule has 6 nitrogen and oxygen atoms in total. The second kappa shape index (κ2) is 5.73. The number of rotatable bonds is 3. The van der Waals surface area contributed by atoms with Gasteiger partial charge in [-0.15, -0.1) is 0 Å². The van der Waals surface area contributed by atoms with E-state index in [9.17, 15) is 14.7 Å². The summed E-state index contributed by atoms with van der Waals surface area (Å²) in [6.45, 7) is 2.62. The zero-order valence-corrected chi connectivity index (χ0v) is 11.7. The van der Waals surface area contributed by atoms with E-state index in [4.69, 9.17) is 4.74 Å². The van der Waals surface area contributed by atoms with E-state index in [1.54, 1.807) is 17.0 Å². The highest BCUT2D eigenvalue weighted by molar-refractivity contribution is 6.00. The van der Waals surface area contributed by atoms with Crippen LogP contribution in [0.2, 0.25) is 0 Å². The quantitative estimate of drug-likeness (QED) is 0.872. The number of carbonyl (C=O) groups excluding carboxylic acids is 1. The number of carbonyl (C=O) groups is 2. The summed E-state index contributed by atoms with van der Waals surface area (Å²) in [5, 5.41) is 12.5. The molecule has 1 aromatic rings. The third-order valence-electron chi connectivity index (χ3n) is 4.00. The first kappa shape index (κ1) is 13.9. The Hall–Kier alpha value is -2.08. The molecule has 0 aromatic heterocycles. The van der Waals surface area contributed by atoms with E-state index in [2.05, 4.69) is 5.32 Å². The molecule has 2 heterocycles. The molecule has 112 valence electrons. The maximum Gasteiger partial charge on any atom is 0.339 e. The molecule has 0 bridgehead atoms. The lowest BCUT2D eigenvalue weighted by Gasteiger charge is -2.31. The molecule has 0 aliphatic carbocycles. The van der Waals surface area contributed by atoms with Crippen LogP contribution in [0.1, 0.15) is 23.2 Å². The monoisotopic (exact) mass is 290 g/mol. The molecule has 0 spiro atoms. The topological polar surface area (TPSA) is 78.9 Å². The van der Waals surface area contributed by atoms with Crippen molar-refractivity contribution in [1.29, 1.82) is 0 Å². The molecule has 1 amide bonds. The summed E-state index contributed by atoms with van der Waals surface area (Å²) in [7, 11) is 0. The highest BCUT2D eigenvalue weighted by atomic mass is 16.5. The van der Waals surface area contributed by atoms with Crippen LogP contribution in [0.25, 0.3) is 0 Å². The molecule has 2 aliphatic heterocycles. The van der Waals surface area contributed by atoms with Crippen LogP contribution in [-0.4, -0.2) is 43.2 Å². The van der Waals surface area contributed by atoms with Crippen molar-refractivity contribution >= 4 is 17.6 Å². The van der Waals surface area contributed by atoms with Gasteiger partial charge in [0.25, 0.3) is 0 Å². The Morgan fingerprint density at radius 2 is 2.29 bits per heavy atom. The number of hydrogen-bond acceptors (Lipinski definition) is 4. The van der Waals surface area contributed by atoms with Crippen LogP contribution in [0.5, 0.6) is 5.75 Å². The maximum absolute atomic E-state index is 12.5. The third-order valence-corrected chi connectivity index (χ3v) is 4.00. The standard InChI is InChI=1S/C15H18N2O4/c18-13(8-10-4-5-16-9-10)17-6-7-21-14-11(15(19)20)2-1-3-12(14)17/h1-3,10,16H,4-9H2,(H,19,20). The van der Waals surface area contributed by atoms with Gasteiger partial charge in [-0.05, 0) is 37.6 Å². The number of fused-ring (bicyclic) bond motifs is 1. The average Bonchev–Trinajstić information content (AvgIpc) is 2.98. The third kappa shape index (κ3) is 2.71. The number of para-hydroxylation sites is 1. The number of ether oxygens (including phenoxy) is 1. The number of aromatic carboxylic acids is 1. The summed E-state index contributed by atoms with van der Waals surface area (Å²) >= 11 is 0. The lowest BCUT2D eigenvalue weighted by atomic mass is 10.0. The number of amides is 1. The smallest absolute Gasteiger partial charge is 0.339 e. The van der Waals surface area contributed by atoms with Gasteiger partial charge in [-0.3, -0.25) is 4.79 Å². The van der Waals surface area contributed by atoms with Crippen molar-refractivity contribution in [2.24, 2.45) is 5.92 Å². The van der Waals surface area contributed by atoms with E-state index in [0.717, 1.165) is 19.5 Å². The van der Waals surface area contributed by atoms with Gasteiger partial charge in [-0.25, -0.2) is 4.79 Å². The van der Waals surface area contributed by atoms with Gasteiger partial charge in [-0.1, -0.05) is 6.07 Å². The normalized spacial score (nSPS) is 20.8. The van der Waals surface area contributed by atoms with Crippen LogP contribution in [0, 0.1) is 5.92 Å². The number of nitrogens with zero attached hydrogens (tertiary/aromatic N) is 1. The molecule has 0 radical (unpaired) electrons. The predicted molar refractivity (Wildman–Crippen MR) is 76.8 cm³/mol.